The fourth-order valence-electron chi connectivity index (χ4n) is 3.15. The van der Waals surface area contributed by atoms with E-state index in [1.165, 1.54) is 11.8 Å². The minimum atomic E-state index is -0.0539. The molecule has 5 heteroatoms. The molecule has 0 bridgehead atoms. The minimum absolute atomic E-state index is 0.0539. The second-order valence-electron chi connectivity index (χ2n) is 6.62. The highest BCUT2D eigenvalue weighted by Crippen LogP contribution is 2.31. The van der Waals surface area contributed by atoms with E-state index in [-0.39, 0.29) is 11.7 Å². The van der Waals surface area contributed by atoms with Crippen molar-refractivity contribution in [1.29, 1.82) is 0 Å². The summed E-state index contributed by atoms with van der Waals surface area (Å²) in [6.45, 7) is 2.08. The molecule has 29 heavy (non-hydrogen) atoms. The van der Waals surface area contributed by atoms with Crippen LogP contribution in [0.15, 0.2) is 96.3 Å². The maximum atomic E-state index is 12.4. The number of nitrogens with zero attached hydrogens (tertiary/aromatic N) is 2. The van der Waals surface area contributed by atoms with Crippen LogP contribution in [0.4, 0.5) is 5.69 Å². The second-order valence-corrected chi connectivity index (χ2v) is 7.56. The first kappa shape index (κ1) is 19.0. The molecule has 4 rings (SSSR count). The van der Waals surface area contributed by atoms with E-state index < -0.39 is 0 Å². The Kier molecular flexibility index (Phi) is 5.77. The van der Waals surface area contributed by atoms with Crippen LogP contribution in [0.2, 0.25) is 0 Å². The van der Waals surface area contributed by atoms with Gasteiger partial charge in [-0.25, -0.2) is 4.98 Å². The number of hydrogen-bond donors (Lipinski definition) is 1. The summed E-state index contributed by atoms with van der Waals surface area (Å²) in [6.07, 6.45) is 1.87. The molecule has 0 saturated carbocycles. The fourth-order valence-corrected chi connectivity index (χ4v) is 3.93. The molecule has 1 heterocycles. The number of nitrogens with one attached hydrogen (secondary N) is 1. The lowest BCUT2D eigenvalue weighted by Crippen LogP contribution is -2.14. The number of thioether (sulfide) groups is 1. The Bertz CT molecular complexity index is 1110. The van der Waals surface area contributed by atoms with Gasteiger partial charge >= 0.3 is 0 Å². The van der Waals surface area contributed by atoms with Crippen molar-refractivity contribution in [1.82, 2.24) is 9.55 Å². The number of benzene rings is 3. The Morgan fingerprint density at radius 2 is 1.59 bits per heavy atom. The Hall–Kier alpha value is -3.31. The molecule has 144 valence electrons. The summed E-state index contributed by atoms with van der Waals surface area (Å²) in [5.41, 5.74) is 5.10. The number of para-hydroxylation sites is 2. The molecule has 0 aliphatic heterocycles. The topological polar surface area (TPSA) is 46.9 Å². The zero-order valence-corrected chi connectivity index (χ0v) is 16.9. The summed E-state index contributed by atoms with van der Waals surface area (Å²) in [5, 5.41) is 3.72. The number of carbonyl (C=O) groups excluding carboxylic acids is 1. The number of rotatable bonds is 6. The number of carbonyl (C=O) groups is 1. The first-order chi connectivity index (χ1) is 14.2. The first-order valence-electron chi connectivity index (χ1n) is 9.39. The van der Waals surface area contributed by atoms with Crippen molar-refractivity contribution in [2.45, 2.75) is 12.1 Å². The van der Waals surface area contributed by atoms with Gasteiger partial charge in [0.05, 0.1) is 23.3 Å². The zero-order valence-electron chi connectivity index (χ0n) is 16.1. The normalized spacial score (nSPS) is 10.7. The van der Waals surface area contributed by atoms with Crippen molar-refractivity contribution in [2.24, 2.45) is 0 Å². The highest BCUT2D eigenvalue weighted by atomic mass is 32.2. The molecule has 4 aromatic rings. The summed E-state index contributed by atoms with van der Waals surface area (Å²) in [4.78, 5) is 17.0. The summed E-state index contributed by atoms with van der Waals surface area (Å²) in [6, 6.07) is 27.9. The average Bonchev–Trinajstić information content (AvgIpc) is 3.18. The SMILES string of the molecule is Cc1ccccc1-n1c(-c2ccccc2)cnc1SCC(=O)Nc1ccccc1. The standard InChI is InChI=1S/C24H21N3OS/c1-18-10-8-9-15-21(18)27-22(19-11-4-2-5-12-19)16-25-24(27)29-17-23(28)26-20-13-6-3-7-14-20/h2-16H,17H2,1H3,(H,26,28). The maximum absolute atomic E-state index is 12.4. The van der Waals surface area contributed by atoms with E-state index in [4.69, 9.17) is 0 Å². The molecule has 0 fully saturated rings. The first-order valence-corrected chi connectivity index (χ1v) is 10.4. The molecule has 1 aromatic heterocycles. The van der Waals surface area contributed by atoms with E-state index in [2.05, 4.69) is 46.1 Å². The number of amides is 1. The van der Waals surface area contributed by atoms with Crippen LogP contribution >= 0.6 is 11.8 Å². The molecule has 3 aromatic carbocycles. The van der Waals surface area contributed by atoms with E-state index in [1.54, 1.807) is 0 Å². The van der Waals surface area contributed by atoms with E-state index in [9.17, 15) is 4.79 Å². The van der Waals surface area contributed by atoms with E-state index in [0.717, 1.165) is 33.4 Å². The van der Waals surface area contributed by atoms with Gasteiger partial charge in [-0.05, 0) is 30.7 Å². The summed E-state index contributed by atoms with van der Waals surface area (Å²) in [7, 11) is 0. The fraction of sp³-hybridized carbons (Fsp3) is 0.0833. The van der Waals surface area contributed by atoms with Gasteiger partial charge in [-0.15, -0.1) is 0 Å². The third-order valence-electron chi connectivity index (χ3n) is 4.55. The molecule has 0 aliphatic carbocycles. The van der Waals surface area contributed by atoms with Gasteiger partial charge < -0.3 is 5.32 Å². The van der Waals surface area contributed by atoms with Crippen LogP contribution in [-0.2, 0) is 4.79 Å². The van der Waals surface area contributed by atoms with Gasteiger partial charge in [-0.3, -0.25) is 9.36 Å². The van der Waals surface area contributed by atoms with Crippen LogP contribution in [0.25, 0.3) is 16.9 Å². The van der Waals surface area contributed by atoms with Crippen molar-refractivity contribution in [2.75, 3.05) is 11.1 Å². The van der Waals surface area contributed by atoms with Gasteiger partial charge in [0.15, 0.2) is 5.16 Å². The van der Waals surface area contributed by atoms with Crippen LogP contribution in [0, 0.1) is 6.92 Å². The van der Waals surface area contributed by atoms with Gasteiger partial charge in [-0.1, -0.05) is 78.5 Å². The average molecular weight is 400 g/mol. The Balaban J connectivity index is 1.63. The smallest absolute Gasteiger partial charge is 0.234 e. The molecule has 4 nitrogen and oxygen atoms in total. The van der Waals surface area contributed by atoms with Gasteiger partial charge in [0.2, 0.25) is 5.91 Å². The summed E-state index contributed by atoms with van der Waals surface area (Å²) >= 11 is 1.43. The second kappa shape index (κ2) is 8.80. The molecule has 1 amide bonds. The molecular formula is C24H21N3OS. The lowest BCUT2D eigenvalue weighted by Gasteiger charge is -2.14. The highest BCUT2D eigenvalue weighted by Gasteiger charge is 2.16. The van der Waals surface area contributed by atoms with Gasteiger partial charge in [0, 0.05) is 11.3 Å². The molecule has 0 saturated heterocycles. The molecule has 0 atom stereocenters. The van der Waals surface area contributed by atoms with Crippen molar-refractivity contribution >= 4 is 23.4 Å². The third kappa shape index (κ3) is 4.41. The Morgan fingerprint density at radius 3 is 2.31 bits per heavy atom. The van der Waals surface area contributed by atoms with Crippen LogP contribution in [0.3, 0.4) is 0 Å². The Morgan fingerprint density at radius 1 is 0.931 bits per heavy atom. The van der Waals surface area contributed by atoms with Crippen molar-refractivity contribution in [3.8, 4) is 16.9 Å². The summed E-state index contributed by atoms with van der Waals surface area (Å²) in [5.74, 6) is 0.230. The third-order valence-corrected chi connectivity index (χ3v) is 5.50. The number of aromatic nitrogens is 2. The molecule has 0 unspecified atom stereocenters. The maximum Gasteiger partial charge on any atom is 0.234 e. The Labute approximate surface area is 174 Å². The summed E-state index contributed by atoms with van der Waals surface area (Å²) < 4.78 is 2.13. The van der Waals surface area contributed by atoms with E-state index in [0.29, 0.717) is 0 Å². The zero-order chi connectivity index (χ0) is 20.1. The molecule has 0 radical (unpaired) electrons. The van der Waals surface area contributed by atoms with Gasteiger partial charge in [0.25, 0.3) is 0 Å². The molecule has 0 spiro atoms. The largest absolute Gasteiger partial charge is 0.325 e. The van der Waals surface area contributed by atoms with Crippen molar-refractivity contribution in [3.05, 3.63) is 96.7 Å². The predicted molar refractivity (Wildman–Crippen MR) is 120 cm³/mol. The molecule has 1 N–H and O–H groups in total. The van der Waals surface area contributed by atoms with Crippen LogP contribution in [0.5, 0.6) is 0 Å². The lowest BCUT2D eigenvalue weighted by atomic mass is 10.1. The highest BCUT2D eigenvalue weighted by molar-refractivity contribution is 7.99. The van der Waals surface area contributed by atoms with Gasteiger partial charge in [0.1, 0.15) is 0 Å². The lowest BCUT2D eigenvalue weighted by molar-refractivity contribution is -0.113. The van der Waals surface area contributed by atoms with E-state index >= 15 is 0 Å². The molecular weight excluding hydrogens is 378 g/mol. The predicted octanol–water partition coefficient (Wildman–Crippen LogP) is 5.58. The number of imidazole rings is 1. The quantitative estimate of drug-likeness (QED) is 0.431. The molecule has 0 aliphatic rings. The monoisotopic (exact) mass is 399 g/mol. The van der Waals surface area contributed by atoms with Gasteiger partial charge in [-0.2, -0.15) is 0 Å². The van der Waals surface area contributed by atoms with Crippen molar-refractivity contribution < 1.29 is 4.79 Å². The number of aryl methyl sites for hydroxylation is 1. The number of hydrogen-bond acceptors (Lipinski definition) is 3. The number of anilines is 1. The minimum Gasteiger partial charge on any atom is -0.325 e. The van der Waals surface area contributed by atoms with Crippen LogP contribution < -0.4 is 5.32 Å². The van der Waals surface area contributed by atoms with E-state index in [1.807, 2.05) is 66.9 Å². The van der Waals surface area contributed by atoms with Crippen molar-refractivity contribution in [3.63, 3.8) is 0 Å². The van der Waals surface area contributed by atoms with Crippen LogP contribution in [-0.4, -0.2) is 21.2 Å². The van der Waals surface area contributed by atoms with Crippen LogP contribution in [0.1, 0.15) is 5.56 Å².